The predicted octanol–water partition coefficient (Wildman–Crippen LogP) is 6.64. The van der Waals surface area contributed by atoms with Crippen molar-refractivity contribution in [3.05, 3.63) is 76.3 Å². The second kappa shape index (κ2) is 13.3. The van der Waals surface area contributed by atoms with E-state index in [1.165, 1.54) is 6.92 Å². The third-order valence-electron chi connectivity index (χ3n) is 7.27. The summed E-state index contributed by atoms with van der Waals surface area (Å²) in [6.07, 6.45) is 0.959. The molecule has 46 heavy (non-hydrogen) atoms. The maximum atomic E-state index is 12.1. The van der Waals surface area contributed by atoms with Gasteiger partial charge in [-0.1, -0.05) is 53.5 Å². The summed E-state index contributed by atoms with van der Waals surface area (Å²) in [6.45, 7) is 2.37. The highest BCUT2D eigenvalue weighted by Gasteiger charge is 2.27. The molecular weight excluding hydrogens is 657 g/mol. The Morgan fingerprint density at radius 2 is 1.70 bits per heavy atom. The molecule has 0 bridgehead atoms. The molecule has 3 N–H and O–H groups in total. The topological polar surface area (TPSA) is 190 Å². The van der Waals surface area contributed by atoms with Crippen LogP contribution in [0.5, 0.6) is 0 Å². The van der Waals surface area contributed by atoms with E-state index in [2.05, 4.69) is 26.7 Å². The molecule has 0 radical (unpaired) electrons. The van der Waals surface area contributed by atoms with Crippen LogP contribution in [0.4, 0.5) is 22.9 Å². The molecular formula is C30H25Cl2N7O6S. The van der Waals surface area contributed by atoms with Crippen molar-refractivity contribution in [3.63, 3.8) is 0 Å². The van der Waals surface area contributed by atoms with Crippen LogP contribution in [0.25, 0.3) is 16.9 Å². The summed E-state index contributed by atoms with van der Waals surface area (Å²) in [5.41, 5.74) is 2.05. The molecule has 1 amide bonds. The van der Waals surface area contributed by atoms with E-state index in [1.54, 1.807) is 48.5 Å². The number of carboxylic acids is 1. The molecule has 1 fully saturated rings. The number of carbonyl (C=O) groups is 2. The fraction of sp³-hybridized carbons (Fsp3) is 0.200. The zero-order valence-electron chi connectivity index (χ0n) is 24.1. The number of rotatable bonds is 8. The van der Waals surface area contributed by atoms with E-state index in [1.807, 2.05) is 4.90 Å². The van der Waals surface area contributed by atoms with Crippen LogP contribution in [0.1, 0.15) is 25.3 Å². The number of nitrogens with one attached hydrogen (secondary N) is 1. The Morgan fingerprint density at radius 3 is 2.26 bits per heavy atom. The van der Waals surface area contributed by atoms with Crippen LogP contribution in [0.2, 0.25) is 10.0 Å². The van der Waals surface area contributed by atoms with E-state index in [0.29, 0.717) is 37.2 Å². The summed E-state index contributed by atoms with van der Waals surface area (Å²) < 4.78 is 34.2. The second-order valence-corrected chi connectivity index (χ2v) is 12.6. The smallest absolute Gasteiger partial charge is 0.306 e. The van der Waals surface area contributed by atoms with Crippen molar-refractivity contribution in [1.82, 2.24) is 9.78 Å². The molecule has 0 saturated carbocycles. The van der Waals surface area contributed by atoms with Crippen LogP contribution < -0.4 is 10.2 Å². The Hall–Kier alpha value is -4.81. The second-order valence-electron chi connectivity index (χ2n) is 10.3. The van der Waals surface area contributed by atoms with E-state index >= 15 is 0 Å². The van der Waals surface area contributed by atoms with Crippen molar-refractivity contribution >= 4 is 68.1 Å². The Morgan fingerprint density at radius 1 is 1.04 bits per heavy atom. The Balaban J connectivity index is 1.62. The maximum absolute atomic E-state index is 12.1. The lowest BCUT2D eigenvalue weighted by Gasteiger charge is -2.32. The largest absolute Gasteiger partial charge is 0.481 e. The Kier molecular flexibility index (Phi) is 9.40. The number of amides is 1. The van der Waals surface area contributed by atoms with Crippen molar-refractivity contribution in [1.29, 1.82) is 5.26 Å². The van der Waals surface area contributed by atoms with E-state index in [9.17, 15) is 32.9 Å². The highest BCUT2D eigenvalue weighted by Crippen LogP contribution is 2.40. The average molecular weight is 683 g/mol. The van der Waals surface area contributed by atoms with Crippen LogP contribution >= 0.6 is 23.2 Å². The molecule has 0 spiro atoms. The van der Waals surface area contributed by atoms with Gasteiger partial charge in [-0.15, -0.1) is 10.2 Å². The van der Waals surface area contributed by atoms with Crippen LogP contribution in [0.3, 0.4) is 0 Å². The van der Waals surface area contributed by atoms with E-state index < -0.39 is 26.9 Å². The molecule has 1 aliphatic heterocycles. The summed E-state index contributed by atoms with van der Waals surface area (Å²) in [5, 5.41) is 35.1. The SMILES string of the molecule is CC(=O)Nc1cc(N2CCC(C(=O)O)CC2)ccc1N=Nc1c(C#N)c(-c2ccccc2)nn1-c1c(Cl)cc(S(=O)(=O)O)cc1Cl. The molecule has 5 rings (SSSR count). The number of piperidine rings is 1. The number of carbonyl (C=O) groups excluding carboxylic acids is 1. The van der Waals surface area contributed by atoms with E-state index in [4.69, 9.17) is 23.2 Å². The van der Waals surface area contributed by atoms with Gasteiger partial charge in [0.05, 0.1) is 26.5 Å². The van der Waals surface area contributed by atoms with Crippen LogP contribution in [0.15, 0.2) is 75.8 Å². The number of aromatic nitrogens is 2. The molecule has 4 aromatic rings. The lowest BCUT2D eigenvalue weighted by molar-refractivity contribution is -0.142. The molecule has 1 aliphatic rings. The first kappa shape index (κ1) is 32.6. The number of aliphatic carboxylic acids is 1. The van der Waals surface area contributed by atoms with Crippen LogP contribution in [-0.4, -0.2) is 52.8 Å². The Labute approximate surface area is 273 Å². The van der Waals surface area contributed by atoms with E-state index in [-0.39, 0.29) is 44.4 Å². The maximum Gasteiger partial charge on any atom is 0.306 e. The van der Waals surface area contributed by atoms with Gasteiger partial charge in [-0.25, -0.2) is 4.68 Å². The molecule has 2 heterocycles. The molecule has 0 unspecified atom stereocenters. The molecule has 1 saturated heterocycles. The third-order valence-corrected chi connectivity index (χ3v) is 8.68. The highest BCUT2D eigenvalue weighted by atomic mass is 35.5. The van der Waals surface area contributed by atoms with Crippen molar-refractivity contribution < 1.29 is 27.7 Å². The molecule has 3 aromatic carbocycles. The number of carboxylic acid groups (broad SMARTS) is 1. The lowest BCUT2D eigenvalue weighted by Crippen LogP contribution is -2.36. The number of benzene rings is 3. The van der Waals surface area contributed by atoms with Gasteiger partial charge in [0.1, 0.15) is 28.7 Å². The van der Waals surface area contributed by atoms with Crippen molar-refractivity contribution in [2.24, 2.45) is 16.1 Å². The minimum atomic E-state index is -4.64. The minimum absolute atomic E-state index is 0.0000572. The van der Waals surface area contributed by atoms with Gasteiger partial charge in [0.2, 0.25) is 5.91 Å². The van der Waals surface area contributed by atoms with Gasteiger partial charge < -0.3 is 15.3 Å². The number of hydrogen-bond acceptors (Lipinski definition) is 9. The first-order valence-corrected chi connectivity index (χ1v) is 15.9. The monoisotopic (exact) mass is 681 g/mol. The number of hydrogen-bond donors (Lipinski definition) is 3. The van der Waals surface area contributed by atoms with Gasteiger partial charge in [0.25, 0.3) is 10.1 Å². The third kappa shape index (κ3) is 6.87. The summed E-state index contributed by atoms with van der Waals surface area (Å²) in [7, 11) is -4.64. The van der Waals surface area contributed by atoms with Gasteiger partial charge in [-0.05, 0) is 43.2 Å². The molecule has 0 atom stereocenters. The number of halogens is 2. The highest BCUT2D eigenvalue weighted by molar-refractivity contribution is 7.85. The molecule has 13 nitrogen and oxygen atoms in total. The van der Waals surface area contributed by atoms with Crippen molar-refractivity contribution in [2.45, 2.75) is 24.7 Å². The standard InChI is InChI=1S/C30H25Cl2N7O6S/c1-17(40)34-26-13-20(38-11-9-19(10-12-38)30(41)42)7-8-25(26)35-36-29-22(16-33)27(18-5-3-2-4-6-18)37-39(29)28-23(31)14-21(15-24(28)32)46(43,44)45/h2-8,13-15,19H,9-12H2,1H3,(H,34,40)(H,41,42)(H,43,44,45). The van der Waals surface area contributed by atoms with E-state index in [0.717, 1.165) is 22.5 Å². The number of nitriles is 1. The summed E-state index contributed by atoms with van der Waals surface area (Å²) in [5.74, 6) is -1.70. The fourth-order valence-electron chi connectivity index (χ4n) is 5.04. The first-order valence-electron chi connectivity index (χ1n) is 13.7. The van der Waals surface area contributed by atoms with Crippen LogP contribution in [-0.2, 0) is 19.7 Å². The van der Waals surface area contributed by atoms with Gasteiger partial charge >= 0.3 is 5.97 Å². The zero-order valence-corrected chi connectivity index (χ0v) is 26.4. The Bertz CT molecular complexity index is 2000. The molecule has 16 heteroatoms. The van der Waals surface area contributed by atoms with Gasteiger partial charge in [0.15, 0.2) is 5.82 Å². The minimum Gasteiger partial charge on any atom is -0.481 e. The molecule has 1 aromatic heterocycles. The van der Waals surface area contributed by atoms with Crippen molar-refractivity contribution in [3.8, 4) is 23.0 Å². The van der Waals surface area contributed by atoms with Gasteiger partial charge in [-0.2, -0.15) is 18.8 Å². The van der Waals surface area contributed by atoms with Crippen LogP contribution in [0, 0.1) is 17.2 Å². The van der Waals surface area contributed by atoms with Gasteiger partial charge in [-0.3, -0.25) is 14.1 Å². The fourth-order valence-corrected chi connectivity index (χ4v) is 6.35. The summed E-state index contributed by atoms with van der Waals surface area (Å²) in [4.78, 5) is 25.0. The summed E-state index contributed by atoms with van der Waals surface area (Å²) >= 11 is 12.9. The predicted molar refractivity (Wildman–Crippen MR) is 171 cm³/mol. The average Bonchev–Trinajstić information content (AvgIpc) is 3.37. The normalized spacial score (nSPS) is 13.9. The summed E-state index contributed by atoms with van der Waals surface area (Å²) in [6, 6.07) is 17.9. The number of nitrogens with zero attached hydrogens (tertiary/aromatic N) is 6. The van der Waals surface area contributed by atoms with Crippen molar-refractivity contribution in [2.75, 3.05) is 23.3 Å². The molecule has 0 aliphatic carbocycles. The van der Waals surface area contributed by atoms with Gasteiger partial charge in [0, 0.05) is 31.3 Å². The number of anilines is 2. The zero-order chi connectivity index (χ0) is 33.2. The lowest BCUT2D eigenvalue weighted by atomic mass is 9.96. The molecule has 236 valence electrons. The first-order chi connectivity index (χ1) is 21.9. The quantitative estimate of drug-likeness (QED) is 0.135. The number of azo groups is 1.